The molecular weight excluding hydrogens is 417 g/mol. The highest BCUT2D eigenvalue weighted by Crippen LogP contribution is 2.26. The van der Waals surface area contributed by atoms with Crippen LogP contribution in [-0.4, -0.2) is 25.7 Å². The number of pyridine rings is 2. The van der Waals surface area contributed by atoms with Gasteiger partial charge in [-0.1, -0.05) is 23.8 Å². The standard InChI is InChI=1S/C26H20FN5O/c1-17-4-9-24-22(11-17)23(12-25(31-24)19-3-2-10-28-13-19)26(33)30-21-14-29-32(16-21)15-18-5-7-20(27)8-6-18/h2-14,16H,15H2,1H3,(H,30,33). The van der Waals surface area contributed by atoms with Crippen molar-refractivity contribution in [2.45, 2.75) is 13.5 Å². The third-order valence-electron chi connectivity index (χ3n) is 5.32. The first-order valence-corrected chi connectivity index (χ1v) is 10.5. The molecule has 0 radical (unpaired) electrons. The largest absolute Gasteiger partial charge is 0.319 e. The number of benzene rings is 2. The molecule has 0 aliphatic rings. The van der Waals surface area contributed by atoms with Crippen molar-refractivity contribution in [2.75, 3.05) is 5.32 Å². The molecule has 0 fully saturated rings. The summed E-state index contributed by atoms with van der Waals surface area (Å²) in [4.78, 5) is 22.2. The van der Waals surface area contributed by atoms with E-state index in [1.807, 2.05) is 37.3 Å². The lowest BCUT2D eigenvalue weighted by Gasteiger charge is -2.10. The first kappa shape index (κ1) is 20.5. The number of nitrogens with one attached hydrogen (secondary N) is 1. The summed E-state index contributed by atoms with van der Waals surface area (Å²) >= 11 is 0. The summed E-state index contributed by atoms with van der Waals surface area (Å²) < 4.78 is 14.8. The van der Waals surface area contributed by atoms with Crippen molar-refractivity contribution in [3.63, 3.8) is 0 Å². The normalized spacial score (nSPS) is 11.0. The number of nitrogens with zero attached hydrogens (tertiary/aromatic N) is 4. The van der Waals surface area contributed by atoms with E-state index in [2.05, 4.69) is 15.4 Å². The predicted molar refractivity (Wildman–Crippen MR) is 125 cm³/mol. The molecule has 7 heteroatoms. The van der Waals surface area contributed by atoms with Crippen molar-refractivity contribution in [3.8, 4) is 11.3 Å². The zero-order chi connectivity index (χ0) is 22.8. The first-order valence-electron chi connectivity index (χ1n) is 10.5. The molecule has 3 aromatic heterocycles. The second kappa shape index (κ2) is 8.63. The second-order valence-electron chi connectivity index (χ2n) is 7.82. The number of rotatable bonds is 5. The molecule has 6 nitrogen and oxygen atoms in total. The minimum absolute atomic E-state index is 0.250. The Balaban J connectivity index is 1.45. The number of anilines is 1. The van der Waals surface area contributed by atoms with Crippen LogP contribution in [0.4, 0.5) is 10.1 Å². The van der Waals surface area contributed by atoms with Crippen LogP contribution in [0.2, 0.25) is 0 Å². The Morgan fingerprint density at radius 2 is 1.91 bits per heavy atom. The maximum atomic E-state index is 13.3. The van der Waals surface area contributed by atoms with Gasteiger partial charge in [0, 0.05) is 29.5 Å². The highest BCUT2D eigenvalue weighted by molar-refractivity contribution is 6.13. The molecule has 162 valence electrons. The van der Waals surface area contributed by atoms with Gasteiger partial charge in [0.15, 0.2) is 0 Å². The fourth-order valence-electron chi connectivity index (χ4n) is 3.68. The van der Waals surface area contributed by atoms with E-state index in [-0.39, 0.29) is 11.7 Å². The van der Waals surface area contributed by atoms with E-state index in [4.69, 9.17) is 4.98 Å². The Bertz CT molecular complexity index is 1450. The molecule has 33 heavy (non-hydrogen) atoms. The average Bonchev–Trinajstić information content (AvgIpc) is 3.27. The lowest BCUT2D eigenvalue weighted by molar-refractivity contribution is 0.102. The molecule has 0 aliphatic carbocycles. The first-order chi connectivity index (χ1) is 16.0. The van der Waals surface area contributed by atoms with Crippen LogP contribution in [0.25, 0.3) is 22.2 Å². The highest BCUT2D eigenvalue weighted by Gasteiger charge is 2.15. The monoisotopic (exact) mass is 437 g/mol. The van der Waals surface area contributed by atoms with Gasteiger partial charge in [0.1, 0.15) is 5.82 Å². The second-order valence-corrected chi connectivity index (χ2v) is 7.82. The number of aryl methyl sites for hydroxylation is 1. The van der Waals surface area contributed by atoms with Crippen LogP contribution in [0.1, 0.15) is 21.5 Å². The van der Waals surface area contributed by atoms with E-state index in [1.54, 1.807) is 47.7 Å². The molecule has 0 spiro atoms. The number of halogens is 1. The van der Waals surface area contributed by atoms with E-state index >= 15 is 0 Å². The lowest BCUT2D eigenvalue weighted by atomic mass is 10.0. The molecule has 0 saturated heterocycles. The van der Waals surface area contributed by atoms with E-state index in [0.29, 0.717) is 23.5 Å². The molecule has 0 saturated carbocycles. The fraction of sp³-hybridized carbons (Fsp3) is 0.0769. The number of carbonyl (C=O) groups is 1. The molecule has 0 unspecified atom stereocenters. The van der Waals surface area contributed by atoms with Gasteiger partial charge in [-0.15, -0.1) is 0 Å². The molecule has 3 heterocycles. The Morgan fingerprint density at radius 3 is 2.70 bits per heavy atom. The van der Waals surface area contributed by atoms with Gasteiger partial charge in [-0.25, -0.2) is 9.37 Å². The van der Waals surface area contributed by atoms with Crippen molar-refractivity contribution in [1.29, 1.82) is 0 Å². The van der Waals surface area contributed by atoms with Crippen molar-refractivity contribution in [3.05, 3.63) is 108 Å². The summed E-state index contributed by atoms with van der Waals surface area (Å²) in [5, 5.41) is 8.02. The topological polar surface area (TPSA) is 72.7 Å². The Kier molecular flexibility index (Phi) is 5.36. The molecule has 1 amide bonds. The Morgan fingerprint density at radius 1 is 1.06 bits per heavy atom. The SMILES string of the molecule is Cc1ccc2nc(-c3cccnc3)cc(C(=O)Nc3cnn(Cc4ccc(F)cc4)c3)c2c1. The van der Waals surface area contributed by atoms with Gasteiger partial charge in [-0.2, -0.15) is 5.10 Å². The third kappa shape index (κ3) is 4.48. The van der Waals surface area contributed by atoms with Gasteiger partial charge in [0.05, 0.1) is 35.2 Å². The number of fused-ring (bicyclic) bond motifs is 1. The van der Waals surface area contributed by atoms with E-state index in [0.717, 1.165) is 27.6 Å². The average molecular weight is 437 g/mol. The number of hydrogen-bond acceptors (Lipinski definition) is 4. The zero-order valence-electron chi connectivity index (χ0n) is 17.9. The van der Waals surface area contributed by atoms with Gasteiger partial charge in [-0.05, 0) is 55.0 Å². The summed E-state index contributed by atoms with van der Waals surface area (Å²) in [7, 11) is 0. The Labute approximate surface area is 189 Å². The molecule has 5 aromatic rings. The third-order valence-corrected chi connectivity index (χ3v) is 5.32. The highest BCUT2D eigenvalue weighted by atomic mass is 19.1. The van der Waals surface area contributed by atoms with Crippen LogP contribution in [0, 0.1) is 12.7 Å². The number of hydrogen-bond donors (Lipinski definition) is 1. The maximum absolute atomic E-state index is 13.3. The number of carbonyl (C=O) groups excluding carboxylic acids is 1. The minimum Gasteiger partial charge on any atom is -0.319 e. The van der Waals surface area contributed by atoms with Gasteiger partial charge < -0.3 is 5.32 Å². The van der Waals surface area contributed by atoms with E-state index in [9.17, 15) is 9.18 Å². The van der Waals surface area contributed by atoms with Crippen molar-refractivity contribution in [2.24, 2.45) is 0 Å². The van der Waals surface area contributed by atoms with Crippen LogP contribution in [-0.2, 0) is 6.54 Å². The molecule has 0 atom stereocenters. The van der Waals surface area contributed by atoms with E-state index < -0.39 is 0 Å². The van der Waals surface area contributed by atoms with Crippen LogP contribution in [0.5, 0.6) is 0 Å². The van der Waals surface area contributed by atoms with Crippen LogP contribution in [0.15, 0.2) is 85.5 Å². The smallest absolute Gasteiger partial charge is 0.256 e. The molecular formula is C26H20FN5O. The van der Waals surface area contributed by atoms with Crippen LogP contribution in [0.3, 0.4) is 0 Å². The maximum Gasteiger partial charge on any atom is 0.256 e. The predicted octanol–water partition coefficient (Wildman–Crippen LogP) is 5.24. The number of aromatic nitrogens is 4. The summed E-state index contributed by atoms with van der Waals surface area (Å²) in [5.74, 6) is -0.530. The molecule has 5 rings (SSSR count). The molecule has 0 aliphatic heterocycles. The van der Waals surface area contributed by atoms with Crippen LogP contribution >= 0.6 is 0 Å². The molecule has 1 N–H and O–H groups in total. The van der Waals surface area contributed by atoms with Crippen molar-refractivity contribution >= 4 is 22.5 Å². The molecule has 2 aromatic carbocycles. The summed E-state index contributed by atoms with van der Waals surface area (Å²) in [6, 6.07) is 17.6. The van der Waals surface area contributed by atoms with Gasteiger partial charge in [-0.3, -0.25) is 14.5 Å². The zero-order valence-corrected chi connectivity index (χ0v) is 17.9. The molecule has 0 bridgehead atoms. The Hall–Kier alpha value is -4.39. The fourth-order valence-corrected chi connectivity index (χ4v) is 3.68. The summed E-state index contributed by atoms with van der Waals surface area (Å²) in [5.41, 5.74) is 5.29. The quantitative estimate of drug-likeness (QED) is 0.408. The van der Waals surface area contributed by atoms with Gasteiger partial charge in [0.25, 0.3) is 5.91 Å². The van der Waals surface area contributed by atoms with Gasteiger partial charge in [0.2, 0.25) is 0 Å². The van der Waals surface area contributed by atoms with E-state index in [1.165, 1.54) is 12.1 Å². The number of amides is 1. The van der Waals surface area contributed by atoms with Gasteiger partial charge >= 0.3 is 0 Å². The van der Waals surface area contributed by atoms with Crippen molar-refractivity contribution in [1.82, 2.24) is 19.7 Å². The van der Waals surface area contributed by atoms with Crippen LogP contribution < -0.4 is 5.32 Å². The summed E-state index contributed by atoms with van der Waals surface area (Å²) in [6.07, 6.45) is 6.77. The summed E-state index contributed by atoms with van der Waals surface area (Å²) in [6.45, 7) is 2.45. The minimum atomic E-state index is -0.280. The lowest BCUT2D eigenvalue weighted by Crippen LogP contribution is -2.13. The van der Waals surface area contributed by atoms with Crippen molar-refractivity contribution < 1.29 is 9.18 Å².